The third-order valence-corrected chi connectivity index (χ3v) is 2.67. The molecule has 1 fully saturated rings. The largest absolute Gasteiger partial charge is 0.465 e. The van der Waals surface area contributed by atoms with E-state index in [1.165, 1.54) is 0 Å². The van der Waals surface area contributed by atoms with Crippen molar-refractivity contribution in [2.24, 2.45) is 5.41 Å². The highest BCUT2D eigenvalue weighted by atomic mass is 16.5. The zero-order valence-corrected chi connectivity index (χ0v) is 8.76. The summed E-state index contributed by atoms with van der Waals surface area (Å²) < 4.78 is 4.92. The van der Waals surface area contributed by atoms with E-state index in [1.807, 2.05) is 0 Å². The average molecular weight is 199 g/mol. The molecule has 1 saturated heterocycles. The van der Waals surface area contributed by atoms with Gasteiger partial charge in [-0.15, -0.1) is 0 Å². The van der Waals surface area contributed by atoms with Crippen LogP contribution in [0.3, 0.4) is 0 Å². The summed E-state index contributed by atoms with van der Waals surface area (Å²) in [7, 11) is 0. The number of Topliss-reactive ketones (excluding diaryl/α,β-unsaturated/α-hetero) is 1. The number of hydrogen-bond donors (Lipinski definition) is 1. The van der Waals surface area contributed by atoms with Gasteiger partial charge in [0.1, 0.15) is 5.41 Å². The first-order chi connectivity index (χ1) is 6.61. The SMILES string of the molecule is CCOC(=O)C1(C)CCNCCC1=O. The first-order valence-corrected chi connectivity index (χ1v) is 5.02. The molecule has 1 unspecified atom stereocenters. The van der Waals surface area contributed by atoms with Crippen LogP contribution in [0.2, 0.25) is 0 Å². The van der Waals surface area contributed by atoms with Crippen molar-refractivity contribution in [1.29, 1.82) is 0 Å². The molecule has 0 aromatic carbocycles. The minimum absolute atomic E-state index is 0.0130. The van der Waals surface area contributed by atoms with Gasteiger partial charge >= 0.3 is 5.97 Å². The first-order valence-electron chi connectivity index (χ1n) is 5.02. The molecule has 1 heterocycles. The van der Waals surface area contributed by atoms with Crippen LogP contribution in [0.4, 0.5) is 0 Å². The quantitative estimate of drug-likeness (QED) is 0.520. The van der Waals surface area contributed by atoms with Gasteiger partial charge in [0.05, 0.1) is 6.61 Å². The Morgan fingerprint density at radius 3 is 2.93 bits per heavy atom. The number of ketones is 1. The van der Waals surface area contributed by atoms with Crippen LogP contribution in [0.15, 0.2) is 0 Å². The van der Waals surface area contributed by atoms with E-state index >= 15 is 0 Å². The monoisotopic (exact) mass is 199 g/mol. The van der Waals surface area contributed by atoms with Crippen molar-refractivity contribution in [2.45, 2.75) is 26.7 Å². The fraction of sp³-hybridized carbons (Fsp3) is 0.800. The van der Waals surface area contributed by atoms with E-state index in [2.05, 4.69) is 5.32 Å². The number of rotatable bonds is 2. The van der Waals surface area contributed by atoms with Crippen LogP contribution in [-0.2, 0) is 14.3 Å². The summed E-state index contributed by atoms with van der Waals surface area (Å²) in [5, 5.41) is 3.10. The summed E-state index contributed by atoms with van der Waals surface area (Å²) in [6, 6.07) is 0. The standard InChI is InChI=1S/C10H17NO3/c1-3-14-9(13)10(2)5-7-11-6-4-8(10)12/h11H,3-7H2,1-2H3. The first kappa shape index (κ1) is 11.2. The van der Waals surface area contributed by atoms with Crippen LogP contribution in [0.5, 0.6) is 0 Å². The van der Waals surface area contributed by atoms with Crippen LogP contribution < -0.4 is 5.32 Å². The second-order valence-electron chi connectivity index (χ2n) is 3.73. The maximum absolute atomic E-state index is 11.7. The van der Waals surface area contributed by atoms with Gasteiger partial charge in [0, 0.05) is 13.0 Å². The topological polar surface area (TPSA) is 55.4 Å². The zero-order valence-electron chi connectivity index (χ0n) is 8.76. The Hall–Kier alpha value is -0.900. The fourth-order valence-electron chi connectivity index (χ4n) is 1.59. The van der Waals surface area contributed by atoms with Crippen molar-refractivity contribution < 1.29 is 14.3 Å². The van der Waals surface area contributed by atoms with E-state index in [4.69, 9.17) is 4.74 Å². The predicted molar refractivity (Wildman–Crippen MR) is 51.9 cm³/mol. The summed E-state index contributed by atoms with van der Waals surface area (Å²) in [5.74, 6) is -0.394. The molecule has 4 heteroatoms. The van der Waals surface area contributed by atoms with Gasteiger partial charge in [0.25, 0.3) is 0 Å². The molecule has 80 valence electrons. The minimum Gasteiger partial charge on any atom is -0.465 e. The minimum atomic E-state index is -0.931. The molecule has 0 aromatic heterocycles. The maximum atomic E-state index is 11.7. The van der Waals surface area contributed by atoms with Crippen molar-refractivity contribution in [1.82, 2.24) is 5.32 Å². The number of esters is 1. The van der Waals surface area contributed by atoms with Crippen molar-refractivity contribution in [3.63, 3.8) is 0 Å². The highest BCUT2D eigenvalue weighted by Crippen LogP contribution is 2.27. The molecular weight excluding hydrogens is 182 g/mol. The number of ether oxygens (including phenoxy) is 1. The lowest BCUT2D eigenvalue weighted by Gasteiger charge is -2.23. The molecule has 1 aliphatic rings. The Morgan fingerprint density at radius 1 is 1.57 bits per heavy atom. The van der Waals surface area contributed by atoms with E-state index in [0.29, 0.717) is 32.5 Å². The van der Waals surface area contributed by atoms with Crippen molar-refractivity contribution in [3.05, 3.63) is 0 Å². The second-order valence-corrected chi connectivity index (χ2v) is 3.73. The molecule has 0 aliphatic carbocycles. The van der Waals surface area contributed by atoms with Crippen molar-refractivity contribution >= 4 is 11.8 Å². The molecule has 1 N–H and O–H groups in total. The lowest BCUT2D eigenvalue weighted by molar-refractivity contribution is -0.159. The van der Waals surface area contributed by atoms with E-state index in [9.17, 15) is 9.59 Å². The molecule has 0 aromatic rings. The fourth-order valence-corrected chi connectivity index (χ4v) is 1.59. The van der Waals surface area contributed by atoms with Gasteiger partial charge in [0.15, 0.2) is 5.78 Å². The Kier molecular flexibility index (Phi) is 3.63. The van der Waals surface area contributed by atoms with E-state index in [1.54, 1.807) is 13.8 Å². The highest BCUT2D eigenvalue weighted by Gasteiger charge is 2.42. The van der Waals surface area contributed by atoms with Crippen LogP contribution in [0.1, 0.15) is 26.7 Å². The van der Waals surface area contributed by atoms with E-state index in [-0.39, 0.29) is 11.8 Å². The summed E-state index contributed by atoms with van der Waals surface area (Å²) in [6.07, 6.45) is 0.944. The molecule has 0 spiro atoms. The van der Waals surface area contributed by atoms with Crippen molar-refractivity contribution in [2.75, 3.05) is 19.7 Å². The smallest absolute Gasteiger partial charge is 0.319 e. The summed E-state index contributed by atoms with van der Waals surface area (Å²) in [4.78, 5) is 23.3. The third-order valence-electron chi connectivity index (χ3n) is 2.67. The van der Waals surface area contributed by atoms with E-state index < -0.39 is 5.41 Å². The average Bonchev–Trinajstić information content (AvgIpc) is 2.31. The maximum Gasteiger partial charge on any atom is 0.319 e. The molecule has 1 atom stereocenters. The Morgan fingerprint density at radius 2 is 2.29 bits per heavy atom. The predicted octanol–water partition coefficient (Wildman–Crippen LogP) is 0.508. The van der Waals surface area contributed by atoms with Gasteiger partial charge in [-0.05, 0) is 26.8 Å². The number of carbonyl (C=O) groups excluding carboxylic acids is 2. The van der Waals surface area contributed by atoms with Crippen molar-refractivity contribution in [3.8, 4) is 0 Å². The lowest BCUT2D eigenvalue weighted by Crippen LogP contribution is -2.38. The van der Waals surface area contributed by atoms with Gasteiger partial charge in [-0.2, -0.15) is 0 Å². The normalized spacial score (nSPS) is 28.3. The zero-order chi connectivity index (χ0) is 10.6. The van der Waals surface area contributed by atoms with Gasteiger partial charge in [-0.3, -0.25) is 9.59 Å². The molecular formula is C10H17NO3. The Balaban J connectivity index is 2.76. The van der Waals surface area contributed by atoms with Crippen LogP contribution in [0.25, 0.3) is 0 Å². The molecule has 0 saturated carbocycles. The van der Waals surface area contributed by atoms with Gasteiger partial charge in [-0.1, -0.05) is 0 Å². The molecule has 0 radical (unpaired) electrons. The number of carbonyl (C=O) groups is 2. The van der Waals surface area contributed by atoms with E-state index in [0.717, 1.165) is 0 Å². The van der Waals surface area contributed by atoms with Crippen LogP contribution in [-0.4, -0.2) is 31.4 Å². The molecule has 0 amide bonds. The second kappa shape index (κ2) is 4.55. The van der Waals surface area contributed by atoms with Crippen LogP contribution >= 0.6 is 0 Å². The Labute approximate surface area is 84.0 Å². The van der Waals surface area contributed by atoms with Gasteiger partial charge < -0.3 is 10.1 Å². The Bertz CT molecular complexity index is 240. The molecule has 4 nitrogen and oxygen atoms in total. The number of hydrogen-bond acceptors (Lipinski definition) is 4. The lowest BCUT2D eigenvalue weighted by atomic mass is 9.82. The molecule has 0 bridgehead atoms. The summed E-state index contributed by atoms with van der Waals surface area (Å²) in [6.45, 7) is 5.12. The molecule has 1 aliphatic heterocycles. The van der Waals surface area contributed by atoms with Crippen LogP contribution in [0, 0.1) is 5.41 Å². The summed E-state index contributed by atoms with van der Waals surface area (Å²) in [5.41, 5.74) is -0.931. The third kappa shape index (κ3) is 2.12. The molecule has 14 heavy (non-hydrogen) atoms. The number of nitrogens with one attached hydrogen (secondary N) is 1. The van der Waals surface area contributed by atoms with Gasteiger partial charge in [0.2, 0.25) is 0 Å². The highest BCUT2D eigenvalue weighted by molar-refractivity contribution is 6.03. The summed E-state index contributed by atoms with van der Waals surface area (Å²) >= 11 is 0. The molecule has 1 rings (SSSR count). The van der Waals surface area contributed by atoms with Gasteiger partial charge in [-0.25, -0.2) is 0 Å².